The number of hydrogen-bond donors (Lipinski definition) is 2. The van der Waals surface area contributed by atoms with Crippen LogP contribution in [-0.2, 0) is 23.1 Å². The molecule has 0 atom stereocenters. The lowest BCUT2D eigenvalue weighted by atomic mass is 10.1. The Morgan fingerprint density at radius 3 is 2.70 bits per heavy atom. The van der Waals surface area contributed by atoms with E-state index >= 15 is 0 Å². The largest absolute Gasteiger partial charge is 0.326 e. The van der Waals surface area contributed by atoms with E-state index in [0.717, 1.165) is 5.56 Å². The standard InChI is InChI=1S/C13H15FN2O2S2/c1-9-12(14)4-11(6-15)5-13(9)20(17,18)16-7-10-2-3-19-8-10/h2-5,8,16H,6-7,15H2,1H3. The molecule has 1 aromatic heterocycles. The van der Waals surface area contributed by atoms with E-state index in [1.165, 1.54) is 30.4 Å². The van der Waals surface area contributed by atoms with Gasteiger partial charge in [-0.15, -0.1) is 0 Å². The van der Waals surface area contributed by atoms with Crippen LogP contribution in [-0.4, -0.2) is 8.42 Å². The zero-order chi connectivity index (χ0) is 14.8. The van der Waals surface area contributed by atoms with Crippen molar-refractivity contribution < 1.29 is 12.8 Å². The van der Waals surface area contributed by atoms with Gasteiger partial charge in [-0.2, -0.15) is 11.3 Å². The Morgan fingerprint density at radius 2 is 2.10 bits per heavy atom. The third-order valence-electron chi connectivity index (χ3n) is 2.93. The van der Waals surface area contributed by atoms with Gasteiger partial charge in [-0.25, -0.2) is 17.5 Å². The van der Waals surface area contributed by atoms with Gasteiger partial charge in [-0.3, -0.25) is 0 Å². The minimum absolute atomic E-state index is 0.0619. The number of nitrogens with one attached hydrogen (secondary N) is 1. The smallest absolute Gasteiger partial charge is 0.241 e. The van der Waals surface area contributed by atoms with Crippen molar-refractivity contribution in [1.29, 1.82) is 0 Å². The van der Waals surface area contributed by atoms with E-state index in [-0.39, 0.29) is 23.5 Å². The summed E-state index contributed by atoms with van der Waals surface area (Å²) in [4.78, 5) is -0.0619. The van der Waals surface area contributed by atoms with Gasteiger partial charge in [-0.05, 0) is 47.0 Å². The van der Waals surface area contributed by atoms with Crippen LogP contribution in [0.1, 0.15) is 16.7 Å². The van der Waals surface area contributed by atoms with Gasteiger partial charge in [0.05, 0.1) is 4.90 Å². The predicted octanol–water partition coefficient (Wildman–Crippen LogP) is 2.13. The van der Waals surface area contributed by atoms with Gasteiger partial charge in [0, 0.05) is 18.7 Å². The van der Waals surface area contributed by atoms with Crippen molar-refractivity contribution in [2.75, 3.05) is 0 Å². The number of hydrogen-bond acceptors (Lipinski definition) is 4. The molecule has 0 aliphatic heterocycles. The van der Waals surface area contributed by atoms with E-state index in [0.29, 0.717) is 5.56 Å². The summed E-state index contributed by atoms with van der Waals surface area (Å²) < 4.78 is 40.7. The lowest BCUT2D eigenvalue weighted by Crippen LogP contribution is -2.24. The van der Waals surface area contributed by atoms with E-state index in [1.807, 2.05) is 16.8 Å². The maximum atomic E-state index is 13.7. The first-order valence-corrected chi connectivity index (χ1v) is 8.36. The molecule has 7 heteroatoms. The van der Waals surface area contributed by atoms with Gasteiger partial charge in [0.2, 0.25) is 10.0 Å². The number of nitrogens with two attached hydrogens (primary N) is 1. The number of rotatable bonds is 5. The summed E-state index contributed by atoms with van der Waals surface area (Å²) in [5, 5.41) is 3.72. The molecule has 1 aromatic carbocycles. The second-order valence-electron chi connectivity index (χ2n) is 4.36. The van der Waals surface area contributed by atoms with Crippen LogP contribution >= 0.6 is 11.3 Å². The van der Waals surface area contributed by atoms with Crippen LogP contribution in [0.4, 0.5) is 4.39 Å². The van der Waals surface area contributed by atoms with E-state index < -0.39 is 15.8 Å². The zero-order valence-corrected chi connectivity index (χ0v) is 12.5. The molecule has 0 spiro atoms. The third-order valence-corrected chi connectivity index (χ3v) is 5.19. The monoisotopic (exact) mass is 314 g/mol. The summed E-state index contributed by atoms with van der Waals surface area (Å²) in [5.74, 6) is -0.566. The normalized spacial score (nSPS) is 11.8. The topological polar surface area (TPSA) is 72.2 Å². The molecule has 3 N–H and O–H groups in total. The highest BCUT2D eigenvalue weighted by molar-refractivity contribution is 7.89. The molecule has 20 heavy (non-hydrogen) atoms. The highest BCUT2D eigenvalue weighted by Gasteiger charge is 2.19. The maximum absolute atomic E-state index is 13.7. The summed E-state index contributed by atoms with van der Waals surface area (Å²) in [6.07, 6.45) is 0. The summed E-state index contributed by atoms with van der Waals surface area (Å²) in [5.41, 5.74) is 6.86. The molecule has 0 amide bonds. The lowest BCUT2D eigenvalue weighted by molar-refractivity contribution is 0.573. The van der Waals surface area contributed by atoms with Gasteiger partial charge in [0.15, 0.2) is 0 Å². The molecule has 0 aliphatic carbocycles. The Morgan fingerprint density at radius 1 is 1.35 bits per heavy atom. The Hall–Kier alpha value is -1.28. The van der Waals surface area contributed by atoms with Crippen molar-refractivity contribution >= 4 is 21.4 Å². The van der Waals surface area contributed by atoms with Gasteiger partial charge < -0.3 is 5.73 Å². The highest BCUT2D eigenvalue weighted by atomic mass is 32.2. The Kier molecular flexibility index (Phi) is 4.54. The minimum atomic E-state index is -3.76. The second-order valence-corrected chi connectivity index (χ2v) is 6.88. The Balaban J connectivity index is 2.31. The molecule has 108 valence electrons. The van der Waals surface area contributed by atoms with Crippen LogP contribution in [0.3, 0.4) is 0 Å². The number of sulfonamides is 1. The minimum Gasteiger partial charge on any atom is -0.326 e. The molecule has 0 saturated heterocycles. The summed E-state index contributed by atoms with van der Waals surface area (Å²) >= 11 is 1.49. The SMILES string of the molecule is Cc1c(F)cc(CN)cc1S(=O)(=O)NCc1ccsc1. The van der Waals surface area contributed by atoms with Crippen molar-refractivity contribution in [1.82, 2.24) is 4.72 Å². The Bertz CT molecular complexity index is 697. The average Bonchev–Trinajstić information content (AvgIpc) is 2.92. The second kappa shape index (κ2) is 6.01. The summed E-state index contributed by atoms with van der Waals surface area (Å²) in [6, 6.07) is 4.50. The Labute approximate surface area is 121 Å². The van der Waals surface area contributed by atoms with Gasteiger partial charge in [0.1, 0.15) is 5.82 Å². The molecule has 0 aliphatic rings. The fourth-order valence-corrected chi connectivity index (χ4v) is 3.74. The number of thiophene rings is 1. The average molecular weight is 314 g/mol. The number of benzene rings is 1. The molecule has 1 heterocycles. The molecule has 0 saturated carbocycles. The summed E-state index contributed by atoms with van der Waals surface area (Å²) in [7, 11) is -3.76. The van der Waals surface area contributed by atoms with Crippen molar-refractivity contribution in [2.45, 2.75) is 24.9 Å². The van der Waals surface area contributed by atoms with E-state index in [1.54, 1.807) is 0 Å². The first kappa shape index (κ1) is 15.1. The molecule has 0 radical (unpaired) electrons. The molecular weight excluding hydrogens is 299 g/mol. The van der Waals surface area contributed by atoms with Crippen LogP contribution in [0, 0.1) is 12.7 Å². The molecule has 2 rings (SSSR count). The highest BCUT2D eigenvalue weighted by Crippen LogP contribution is 2.21. The molecule has 0 fully saturated rings. The van der Waals surface area contributed by atoms with Crippen LogP contribution in [0.25, 0.3) is 0 Å². The van der Waals surface area contributed by atoms with Crippen molar-refractivity contribution in [3.05, 3.63) is 51.5 Å². The fourth-order valence-electron chi connectivity index (χ4n) is 1.75. The van der Waals surface area contributed by atoms with Crippen LogP contribution in [0.5, 0.6) is 0 Å². The van der Waals surface area contributed by atoms with Crippen molar-refractivity contribution in [2.24, 2.45) is 5.73 Å². The predicted molar refractivity (Wildman–Crippen MR) is 77.4 cm³/mol. The van der Waals surface area contributed by atoms with E-state index in [2.05, 4.69) is 4.72 Å². The van der Waals surface area contributed by atoms with Crippen molar-refractivity contribution in [3.63, 3.8) is 0 Å². The molecular formula is C13H15FN2O2S2. The van der Waals surface area contributed by atoms with Gasteiger partial charge in [-0.1, -0.05) is 0 Å². The number of halogens is 1. The van der Waals surface area contributed by atoms with Crippen LogP contribution < -0.4 is 10.5 Å². The first-order valence-electron chi connectivity index (χ1n) is 5.94. The van der Waals surface area contributed by atoms with Crippen molar-refractivity contribution in [3.8, 4) is 0 Å². The maximum Gasteiger partial charge on any atom is 0.241 e. The first-order chi connectivity index (χ1) is 9.44. The molecule has 0 bridgehead atoms. The lowest BCUT2D eigenvalue weighted by Gasteiger charge is -2.11. The van der Waals surface area contributed by atoms with Crippen LogP contribution in [0.15, 0.2) is 33.9 Å². The molecule has 0 unspecified atom stereocenters. The van der Waals surface area contributed by atoms with E-state index in [4.69, 9.17) is 5.73 Å². The van der Waals surface area contributed by atoms with E-state index in [9.17, 15) is 12.8 Å². The third kappa shape index (κ3) is 3.24. The fraction of sp³-hybridized carbons (Fsp3) is 0.231. The van der Waals surface area contributed by atoms with Gasteiger partial charge in [0.25, 0.3) is 0 Å². The molecule has 4 nitrogen and oxygen atoms in total. The zero-order valence-electron chi connectivity index (χ0n) is 10.9. The van der Waals surface area contributed by atoms with Crippen LogP contribution in [0.2, 0.25) is 0 Å². The van der Waals surface area contributed by atoms with Gasteiger partial charge >= 0.3 is 0 Å². The quantitative estimate of drug-likeness (QED) is 0.888. The molecule has 2 aromatic rings. The summed E-state index contributed by atoms with van der Waals surface area (Å²) in [6.45, 7) is 1.71.